The lowest BCUT2D eigenvalue weighted by Crippen LogP contribution is -2.66. The van der Waals surface area contributed by atoms with Gasteiger partial charge in [0.1, 0.15) is 11.2 Å². The smallest absolute Gasteiger partial charge is 0.254 e. The summed E-state index contributed by atoms with van der Waals surface area (Å²) in [6, 6.07) is 9.73. The maximum absolute atomic E-state index is 13.3. The fraction of sp³-hybridized carbons (Fsp3) is 0.696. The quantitative estimate of drug-likeness (QED) is 0.802. The van der Waals surface area contributed by atoms with Gasteiger partial charge in [-0.05, 0) is 31.9 Å². The van der Waals surface area contributed by atoms with Crippen molar-refractivity contribution in [2.24, 2.45) is 0 Å². The number of carbonyl (C=O) groups excluding carboxylic acids is 1. The number of rotatable bonds is 3. The molecule has 1 aromatic carbocycles. The van der Waals surface area contributed by atoms with Gasteiger partial charge in [0, 0.05) is 39.3 Å². The van der Waals surface area contributed by atoms with Crippen LogP contribution in [0, 0.1) is 0 Å². The molecule has 29 heavy (non-hydrogen) atoms. The third-order valence-corrected chi connectivity index (χ3v) is 7.33. The van der Waals surface area contributed by atoms with E-state index < -0.39 is 11.2 Å². The predicted octanol–water partition coefficient (Wildman–Crippen LogP) is 1.42. The Kier molecular flexibility index (Phi) is 5.98. The highest BCUT2D eigenvalue weighted by molar-refractivity contribution is 5.85. The molecule has 0 bridgehead atoms. The topological polar surface area (TPSA) is 67.2 Å². The van der Waals surface area contributed by atoms with Crippen LogP contribution >= 0.6 is 0 Å². The van der Waals surface area contributed by atoms with Gasteiger partial charge in [0.25, 0.3) is 5.91 Å². The first kappa shape index (κ1) is 20.8. The van der Waals surface area contributed by atoms with Crippen molar-refractivity contribution in [3.8, 4) is 0 Å². The lowest BCUT2D eigenvalue weighted by atomic mass is 9.78. The average molecular weight is 402 g/mol. The second-order valence-electron chi connectivity index (χ2n) is 9.24. The van der Waals surface area contributed by atoms with Gasteiger partial charge in [-0.3, -0.25) is 9.69 Å². The summed E-state index contributed by atoms with van der Waals surface area (Å²) in [6.45, 7) is 4.62. The lowest BCUT2D eigenvalue weighted by molar-refractivity contribution is -0.166. The fourth-order valence-electron chi connectivity index (χ4n) is 5.37. The molecule has 2 N–H and O–H groups in total. The van der Waals surface area contributed by atoms with Crippen LogP contribution in [-0.2, 0) is 10.4 Å². The zero-order valence-electron chi connectivity index (χ0n) is 17.6. The summed E-state index contributed by atoms with van der Waals surface area (Å²) >= 11 is 0. The number of benzene rings is 1. The molecule has 1 aromatic rings. The Balaban J connectivity index is 1.58. The summed E-state index contributed by atoms with van der Waals surface area (Å²) in [5.41, 5.74) is -1.27. The number of piperidine rings is 1. The molecule has 4 rings (SSSR count). The van der Waals surface area contributed by atoms with Gasteiger partial charge in [-0.15, -0.1) is 0 Å². The van der Waals surface area contributed by atoms with E-state index in [1.54, 1.807) is 0 Å². The highest BCUT2D eigenvalue weighted by Gasteiger charge is 2.49. The van der Waals surface area contributed by atoms with Gasteiger partial charge in [0.05, 0.1) is 6.04 Å². The van der Waals surface area contributed by atoms with Crippen LogP contribution in [-0.4, -0.2) is 88.8 Å². The molecule has 6 nitrogen and oxygen atoms in total. The molecular formula is C23H35N3O3. The standard InChI is InChI=1S/C23H35N3O3/c1-24-14-16-25(17-15-24)20-18-26(21(27)22(28)10-6-3-7-11-22)13-12-23(20,29)19-8-4-2-5-9-19/h2,4-5,8-9,20,28-29H,3,6-7,10-18H2,1H3/t20-,23+/m1/s1. The van der Waals surface area contributed by atoms with Crippen LogP contribution in [0.2, 0.25) is 0 Å². The Morgan fingerprint density at radius 2 is 1.59 bits per heavy atom. The number of likely N-dealkylation sites (N-methyl/N-ethyl adjacent to an activating group) is 1. The highest BCUT2D eigenvalue weighted by atomic mass is 16.3. The molecule has 3 fully saturated rings. The molecule has 2 aliphatic heterocycles. The van der Waals surface area contributed by atoms with Crippen molar-refractivity contribution in [1.29, 1.82) is 0 Å². The summed E-state index contributed by atoms with van der Waals surface area (Å²) in [5.74, 6) is -0.133. The minimum Gasteiger partial charge on any atom is -0.383 e. The van der Waals surface area contributed by atoms with Crippen LogP contribution in [0.5, 0.6) is 0 Å². The highest BCUT2D eigenvalue weighted by Crippen LogP contribution is 2.38. The molecule has 0 radical (unpaired) electrons. The van der Waals surface area contributed by atoms with E-state index in [1.807, 2.05) is 35.2 Å². The van der Waals surface area contributed by atoms with Crippen LogP contribution in [0.1, 0.15) is 44.1 Å². The average Bonchev–Trinajstić information content (AvgIpc) is 2.75. The summed E-state index contributed by atoms with van der Waals surface area (Å²) < 4.78 is 0. The SMILES string of the molecule is CN1CCN([C@@H]2CN(C(=O)C3(O)CCCCC3)CC[C@]2(O)c2ccccc2)CC1. The predicted molar refractivity (Wildman–Crippen MR) is 112 cm³/mol. The molecule has 0 unspecified atom stereocenters. The number of amides is 1. The van der Waals surface area contributed by atoms with Crippen LogP contribution in [0.4, 0.5) is 0 Å². The van der Waals surface area contributed by atoms with E-state index in [0.717, 1.165) is 51.0 Å². The van der Waals surface area contributed by atoms with Crippen molar-refractivity contribution >= 4 is 5.91 Å². The summed E-state index contributed by atoms with van der Waals surface area (Å²) in [4.78, 5) is 19.7. The maximum atomic E-state index is 13.3. The van der Waals surface area contributed by atoms with Gasteiger partial charge in [-0.25, -0.2) is 0 Å². The number of aliphatic hydroxyl groups is 2. The Morgan fingerprint density at radius 1 is 0.931 bits per heavy atom. The summed E-state index contributed by atoms with van der Waals surface area (Å²) in [7, 11) is 2.12. The van der Waals surface area contributed by atoms with Crippen molar-refractivity contribution in [3.63, 3.8) is 0 Å². The van der Waals surface area contributed by atoms with Gasteiger partial charge < -0.3 is 20.0 Å². The Labute approximate surface area is 174 Å². The number of hydrogen-bond donors (Lipinski definition) is 2. The molecule has 2 saturated heterocycles. The van der Waals surface area contributed by atoms with E-state index in [2.05, 4.69) is 16.8 Å². The summed E-state index contributed by atoms with van der Waals surface area (Å²) in [5, 5.41) is 22.8. The third-order valence-electron chi connectivity index (χ3n) is 7.33. The van der Waals surface area contributed by atoms with Gasteiger partial charge in [-0.2, -0.15) is 0 Å². The van der Waals surface area contributed by atoms with Crippen LogP contribution in [0.3, 0.4) is 0 Å². The largest absolute Gasteiger partial charge is 0.383 e. The van der Waals surface area contributed by atoms with Crippen LogP contribution in [0.15, 0.2) is 30.3 Å². The van der Waals surface area contributed by atoms with Gasteiger partial charge in [0.2, 0.25) is 0 Å². The van der Waals surface area contributed by atoms with E-state index in [0.29, 0.717) is 32.4 Å². The Morgan fingerprint density at radius 3 is 2.24 bits per heavy atom. The van der Waals surface area contributed by atoms with Crippen LogP contribution < -0.4 is 0 Å². The number of piperazine rings is 1. The number of nitrogens with zero attached hydrogens (tertiary/aromatic N) is 3. The van der Waals surface area contributed by atoms with Crippen molar-refractivity contribution in [2.75, 3.05) is 46.3 Å². The molecule has 160 valence electrons. The number of carbonyl (C=O) groups is 1. The van der Waals surface area contributed by atoms with Gasteiger partial charge in [0.15, 0.2) is 0 Å². The Hall–Kier alpha value is -1.47. The van der Waals surface area contributed by atoms with Crippen LogP contribution in [0.25, 0.3) is 0 Å². The van der Waals surface area contributed by atoms with Crippen molar-refractivity contribution in [1.82, 2.24) is 14.7 Å². The van der Waals surface area contributed by atoms with E-state index in [1.165, 1.54) is 0 Å². The molecule has 1 amide bonds. The minimum absolute atomic E-state index is 0.133. The molecule has 0 spiro atoms. The molecule has 2 atom stereocenters. The third kappa shape index (κ3) is 4.08. The molecule has 1 saturated carbocycles. The lowest BCUT2D eigenvalue weighted by Gasteiger charge is -2.52. The van der Waals surface area contributed by atoms with E-state index in [-0.39, 0.29) is 11.9 Å². The molecule has 3 aliphatic rings. The Bertz CT molecular complexity index is 699. The van der Waals surface area contributed by atoms with Gasteiger partial charge in [-0.1, -0.05) is 49.6 Å². The molecule has 6 heteroatoms. The normalized spacial score (nSPS) is 31.6. The first-order chi connectivity index (χ1) is 13.9. The fourth-order valence-corrected chi connectivity index (χ4v) is 5.37. The first-order valence-corrected chi connectivity index (χ1v) is 11.1. The van der Waals surface area contributed by atoms with E-state index >= 15 is 0 Å². The maximum Gasteiger partial charge on any atom is 0.254 e. The number of hydrogen-bond acceptors (Lipinski definition) is 5. The summed E-state index contributed by atoms with van der Waals surface area (Å²) in [6.07, 6.45) is 4.52. The van der Waals surface area contributed by atoms with Gasteiger partial charge >= 0.3 is 0 Å². The molecular weight excluding hydrogens is 366 g/mol. The second kappa shape index (κ2) is 8.34. The van der Waals surface area contributed by atoms with E-state index in [9.17, 15) is 15.0 Å². The number of likely N-dealkylation sites (tertiary alicyclic amines) is 1. The molecule has 2 heterocycles. The van der Waals surface area contributed by atoms with Crippen molar-refractivity contribution in [2.45, 2.75) is 55.8 Å². The molecule has 1 aliphatic carbocycles. The zero-order valence-corrected chi connectivity index (χ0v) is 17.6. The van der Waals surface area contributed by atoms with E-state index in [4.69, 9.17) is 0 Å². The monoisotopic (exact) mass is 401 g/mol. The first-order valence-electron chi connectivity index (χ1n) is 11.1. The molecule has 0 aromatic heterocycles. The van der Waals surface area contributed by atoms with Crippen molar-refractivity contribution < 1.29 is 15.0 Å². The minimum atomic E-state index is -1.22. The zero-order chi connectivity index (χ0) is 20.5. The second-order valence-corrected chi connectivity index (χ2v) is 9.24. The van der Waals surface area contributed by atoms with Crippen molar-refractivity contribution in [3.05, 3.63) is 35.9 Å².